The third-order valence-electron chi connectivity index (χ3n) is 3.60. The van der Waals surface area contributed by atoms with E-state index >= 15 is 0 Å². The van der Waals surface area contributed by atoms with Crippen molar-refractivity contribution in [2.24, 2.45) is 5.92 Å². The summed E-state index contributed by atoms with van der Waals surface area (Å²) in [6.45, 7) is 14.0. The van der Waals surface area contributed by atoms with Crippen LogP contribution in [0.3, 0.4) is 0 Å². The van der Waals surface area contributed by atoms with Crippen LogP contribution in [0, 0.1) is 5.92 Å². The molecule has 0 N–H and O–H groups in total. The highest BCUT2D eigenvalue weighted by Crippen LogP contribution is 2.17. The fourth-order valence-electron chi connectivity index (χ4n) is 2.87. The summed E-state index contributed by atoms with van der Waals surface area (Å²) in [6.07, 6.45) is 5.73. The molecular formula is C13H32N2Si2. The van der Waals surface area contributed by atoms with Gasteiger partial charge in [0, 0.05) is 24.1 Å². The topological polar surface area (TPSA) is 6.48 Å². The van der Waals surface area contributed by atoms with E-state index in [0.29, 0.717) is 0 Å². The van der Waals surface area contributed by atoms with Crippen molar-refractivity contribution in [2.75, 3.05) is 39.0 Å². The minimum atomic E-state index is -0.434. The molecule has 1 aliphatic heterocycles. The van der Waals surface area contributed by atoms with Crippen LogP contribution >= 0.6 is 0 Å². The van der Waals surface area contributed by atoms with Crippen molar-refractivity contribution in [3.8, 4) is 0 Å². The SMILES string of the molecule is CN1CCC(CN(C[SiH](C)C)C[SiH](C)C)CC1. The Labute approximate surface area is 112 Å². The number of hydrogen-bond donors (Lipinski definition) is 0. The highest BCUT2D eigenvalue weighted by atomic mass is 28.3. The number of nitrogens with zero attached hydrogens (tertiary/aromatic N) is 2. The van der Waals surface area contributed by atoms with Crippen LogP contribution in [0.2, 0.25) is 26.2 Å². The van der Waals surface area contributed by atoms with E-state index in [4.69, 9.17) is 0 Å². The van der Waals surface area contributed by atoms with Gasteiger partial charge in [0.15, 0.2) is 0 Å². The molecule has 0 bridgehead atoms. The first-order valence-electron chi connectivity index (χ1n) is 7.38. The predicted molar refractivity (Wildman–Crippen MR) is 84.4 cm³/mol. The van der Waals surface area contributed by atoms with Gasteiger partial charge in [-0.2, -0.15) is 0 Å². The lowest BCUT2D eigenvalue weighted by molar-refractivity contribution is 0.180. The van der Waals surface area contributed by atoms with E-state index in [1.54, 1.807) is 0 Å². The first-order valence-corrected chi connectivity index (χ1v) is 13.6. The van der Waals surface area contributed by atoms with E-state index in [1.807, 2.05) is 0 Å². The summed E-state index contributed by atoms with van der Waals surface area (Å²) in [4.78, 5) is 5.30. The number of piperidine rings is 1. The average molecular weight is 273 g/mol. The summed E-state index contributed by atoms with van der Waals surface area (Å²) in [5.41, 5.74) is 0. The molecule has 0 aromatic rings. The summed E-state index contributed by atoms with van der Waals surface area (Å²) in [6, 6.07) is 0. The number of likely N-dealkylation sites (tertiary alicyclic amines) is 1. The van der Waals surface area contributed by atoms with E-state index < -0.39 is 17.6 Å². The Morgan fingerprint density at radius 3 is 1.88 bits per heavy atom. The molecule has 1 fully saturated rings. The van der Waals surface area contributed by atoms with Gasteiger partial charge in [0.1, 0.15) is 0 Å². The lowest BCUT2D eigenvalue weighted by atomic mass is 9.97. The van der Waals surface area contributed by atoms with Crippen LogP contribution < -0.4 is 0 Å². The molecule has 4 heteroatoms. The van der Waals surface area contributed by atoms with Gasteiger partial charge in [-0.1, -0.05) is 26.2 Å². The Balaban J connectivity index is 2.36. The van der Waals surface area contributed by atoms with Gasteiger partial charge < -0.3 is 9.80 Å². The lowest BCUT2D eigenvalue weighted by Crippen LogP contribution is -2.43. The molecule has 0 saturated carbocycles. The van der Waals surface area contributed by atoms with Crippen molar-refractivity contribution in [2.45, 2.75) is 39.0 Å². The standard InChI is InChI=1S/C13H32N2Si2/c1-14-8-6-13(7-9-14)10-15(11-16(2)3)12-17(4)5/h13,16-17H,6-12H2,1-5H3. The molecule has 0 aromatic carbocycles. The summed E-state index contributed by atoms with van der Waals surface area (Å²) in [7, 11) is 1.39. The molecule has 0 amide bonds. The highest BCUT2D eigenvalue weighted by molar-refractivity contribution is 6.57. The van der Waals surface area contributed by atoms with Crippen molar-refractivity contribution in [3.63, 3.8) is 0 Å². The minimum Gasteiger partial charge on any atom is -0.309 e. The molecule has 2 nitrogen and oxygen atoms in total. The zero-order valence-corrected chi connectivity index (χ0v) is 14.9. The van der Waals surface area contributed by atoms with Gasteiger partial charge >= 0.3 is 0 Å². The fraction of sp³-hybridized carbons (Fsp3) is 1.00. The molecule has 0 aliphatic carbocycles. The second-order valence-corrected chi connectivity index (χ2v) is 13.1. The molecule has 1 heterocycles. The van der Waals surface area contributed by atoms with Crippen molar-refractivity contribution >= 4 is 17.6 Å². The Morgan fingerprint density at radius 2 is 1.47 bits per heavy atom. The van der Waals surface area contributed by atoms with Crippen LogP contribution in [-0.4, -0.2) is 66.4 Å². The highest BCUT2D eigenvalue weighted by Gasteiger charge is 2.20. The molecule has 1 saturated heterocycles. The van der Waals surface area contributed by atoms with Crippen LogP contribution in [0.25, 0.3) is 0 Å². The molecule has 1 aliphatic rings. The molecular weight excluding hydrogens is 240 g/mol. The molecule has 102 valence electrons. The predicted octanol–water partition coefficient (Wildman–Crippen LogP) is 1.68. The Bertz CT molecular complexity index is 192. The Kier molecular flexibility index (Phi) is 6.99. The first kappa shape index (κ1) is 15.4. The quantitative estimate of drug-likeness (QED) is 0.679. The molecule has 0 aromatic heterocycles. The molecule has 17 heavy (non-hydrogen) atoms. The van der Waals surface area contributed by atoms with Crippen LogP contribution in [-0.2, 0) is 0 Å². The van der Waals surface area contributed by atoms with Gasteiger partial charge in [0.05, 0.1) is 0 Å². The number of hydrogen-bond acceptors (Lipinski definition) is 2. The molecule has 0 atom stereocenters. The first-order chi connectivity index (χ1) is 7.97. The molecule has 0 unspecified atom stereocenters. The van der Waals surface area contributed by atoms with Crippen LogP contribution in [0.1, 0.15) is 12.8 Å². The largest absolute Gasteiger partial charge is 0.309 e. The van der Waals surface area contributed by atoms with Crippen LogP contribution in [0.15, 0.2) is 0 Å². The Hall–Kier alpha value is 0.354. The number of rotatable bonds is 6. The molecule has 0 radical (unpaired) electrons. The van der Waals surface area contributed by atoms with Gasteiger partial charge in [-0.25, -0.2) is 0 Å². The normalized spacial score (nSPS) is 19.8. The van der Waals surface area contributed by atoms with Crippen molar-refractivity contribution < 1.29 is 0 Å². The Morgan fingerprint density at radius 1 is 1.00 bits per heavy atom. The maximum Gasteiger partial charge on any atom is 0.0469 e. The second-order valence-electron chi connectivity index (χ2n) is 6.75. The lowest BCUT2D eigenvalue weighted by Gasteiger charge is -2.34. The maximum atomic E-state index is 2.82. The fourth-order valence-corrected chi connectivity index (χ4v) is 5.83. The van der Waals surface area contributed by atoms with Crippen molar-refractivity contribution in [3.05, 3.63) is 0 Å². The van der Waals surface area contributed by atoms with E-state index in [-0.39, 0.29) is 0 Å². The van der Waals surface area contributed by atoms with Crippen molar-refractivity contribution in [1.82, 2.24) is 9.80 Å². The minimum absolute atomic E-state index is 0.434. The van der Waals surface area contributed by atoms with Crippen LogP contribution in [0.5, 0.6) is 0 Å². The summed E-state index contributed by atoms with van der Waals surface area (Å²) in [5.74, 6) is 0.978. The van der Waals surface area contributed by atoms with Gasteiger partial charge in [-0.15, -0.1) is 0 Å². The summed E-state index contributed by atoms with van der Waals surface area (Å²) in [5, 5.41) is 0. The van der Waals surface area contributed by atoms with Gasteiger partial charge in [-0.3, -0.25) is 0 Å². The van der Waals surface area contributed by atoms with E-state index in [9.17, 15) is 0 Å². The zero-order valence-electron chi connectivity index (χ0n) is 12.6. The van der Waals surface area contributed by atoms with Gasteiger partial charge in [0.2, 0.25) is 0 Å². The van der Waals surface area contributed by atoms with Gasteiger partial charge in [0.25, 0.3) is 0 Å². The molecule has 1 rings (SSSR count). The third-order valence-corrected chi connectivity index (χ3v) is 6.09. The van der Waals surface area contributed by atoms with Crippen LogP contribution in [0.4, 0.5) is 0 Å². The summed E-state index contributed by atoms with van der Waals surface area (Å²) >= 11 is 0. The monoisotopic (exact) mass is 272 g/mol. The van der Waals surface area contributed by atoms with Gasteiger partial charge in [-0.05, 0) is 51.2 Å². The second kappa shape index (κ2) is 7.72. The zero-order chi connectivity index (χ0) is 12.8. The smallest absolute Gasteiger partial charge is 0.0469 e. The summed E-state index contributed by atoms with van der Waals surface area (Å²) < 4.78 is 0. The molecule has 0 spiro atoms. The van der Waals surface area contributed by atoms with E-state index in [0.717, 1.165) is 5.92 Å². The van der Waals surface area contributed by atoms with E-state index in [1.165, 1.54) is 44.8 Å². The van der Waals surface area contributed by atoms with E-state index in [2.05, 4.69) is 43.0 Å². The van der Waals surface area contributed by atoms with Crippen molar-refractivity contribution in [1.29, 1.82) is 0 Å². The maximum absolute atomic E-state index is 2.82. The average Bonchev–Trinajstić information content (AvgIpc) is 2.19. The third kappa shape index (κ3) is 6.74.